The third-order valence-electron chi connectivity index (χ3n) is 7.33. The van der Waals surface area contributed by atoms with Gasteiger partial charge in [-0.25, -0.2) is 4.98 Å². The molecule has 0 saturated carbocycles. The number of likely N-dealkylation sites (tertiary alicyclic amines) is 1. The Balaban J connectivity index is 1.44. The molecule has 0 bridgehead atoms. The Bertz CT molecular complexity index is 1320. The van der Waals surface area contributed by atoms with Crippen LogP contribution in [0.5, 0.6) is 0 Å². The molecule has 9 heteroatoms. The Labute approximate surface area is 215 Å². The Morgan fingerprint density at radius 2 is 1.83 bits per heavy atom. The molecule has 8 nitrogen and oxygen atoms in total. The number of fused-ring (bicyclic) bond motifs is 1. The summed E-state index contributed by atoms with van der Waals surface area (Å²) >= 11 is 6.05. The fourth-order valence-electron chi connectivity index (χ4n) is 5.30. The van der Waals surface area contributed by atoms with Gasteiger partial charge in [0.1, 0.15) is 5.82 Å². The number of hydrogen-bond acceptors (Lipinski definition) is 5. The van der Waals surface area contributed by atoms with Crippen LogP contribution in [0.15, 0.2) is 41.3 Å². The molecule has 2 saturated heterocycles. The first kappa shape index (κ1) is 24.6. The van der Waals surface area contributed by atoms with E-state index in [-0.39, 0.29) is 23.3 Å². The van der Waals surface area contributed by atoms with Crippen LogP contribution in [-0.4, -0.2) is 50.3 Å². The molecule has 2 aromatic heterocycles. The number of halogens is 1. The van der Waals surface area contributed by atoms with Gasteiger partial charge in [0.05, 0.1) is 5.69 Å². The van der Waals surface area contributed by atoms with Crippen LogP contribution in [0.4, 0.5) is 5.82 Å². The summed E-state index contributed by atoms with van der Waals surface area (Å²) in [6.07, 6.45) is 7.52. The van der Waals surface area contributed by atoms with Crippen LogP contribution in [0.1, 0.15) is 51.9 Å². The van der Waals surface area contributed by atoms with E-state index in [9.17, 15) is 14.4 Å². The Hall–Kier alpha value is -3.13. The molecule has 1 aromatic carbocycles. The molecule has 3 aromatic rings. The normalized spacial score (nSPS) is 16.9. The molecule has 2 aliphatic heterocycles. The molecule has 0 aliphatic carbocycles. The van der Waals surface area contributed by atoms with Crippen LogP contribution in [0.25, 0.3) is 17.0 Å². The number of hydrogen-bond donors (Lipinski definition) is 0. The molecule has 36 heavy (non-hydrogen) atoms. The first-order valence-electron chi connectivity index (χ1n) is 12.9. The number of rotatable bonds is 7. The number of benzene rings is 1. The number of imidazole rings is 1. The number of unbranched alkanes of at least 4 members (excludes halogenated alkanes) is 2. The molecule has 190 valence electrons. The summed E-state index contributed by atoms with van der Waals surface area (Å²) in [7, 11) is 0. The van der Waals surface area contributed by atoms with Crippen LogP contribution in [0, 0.1) is 5.92 Å². The standard InChI is InChI=1S/C27H32ClN5O3/c1-2-3-4-13-31-23(30-15-11-20(12-16-30)26(36)32-14-5-6-24(32)34)17-25(35)33-18-22(29-27(31)33)19-7-9-21(28)10-8-19/h7-10,17-18,20H,2-6,11-16H2,1H3. The molecular formula is C27H32ClN5O3. The van der Waals surface area contributed by atoms with E-state index in [1.165, 1.54) is 4.90 Å². The maximum absolute atomic E-state index is 13.2. The van der Waals surface area contributed by atoms with E-state index < -0.39 is 0 Å². The number of amides is 2. The van der Waals surface area contributed by atoms with Gasteiger partial charge >= 0.3 is 0 Å². The second-order valence-corrected chi connectivity index (χ2v) is 10.2. The molecule has 0 unspecified atom stereocenters. The average molecular weight is 510 g/mol. The van der Waals surface area contributed by atoms with Crippen molar-refractivity contribution in [3.05, 3.63) is 51.9 Å². The number of aryl methyl sites for hydroxylation is 1. The van der Waals surface area contributed by atoms with Crippen molar-refractivity contribution < 1.29 is 9.59 Å². The van der Waals surface area contributed by atoms with Gasteiger partial charge in [-0.1, -0.05) is 43.5 Å². The molecule has 5 rings (SSSR count). The Morgan fingerprint density at radius 3 is 2.50 bits per heavy atom. The lowest BCUT2D eigenvalue weighted by Gasteiger charge is -2.35. The highest BCUT2D eigenvalue weighted by Gasteiger charge is 2.34. The van der Waals surface area contributed by atoms with Gasteiger partial charge in [0.2, 0.25) is 17.6 Å². The third kappa shape index (κ3) is 4.78. The van der Waals surface area contributed by atoms with Crippen LogP contribution in [-0.2, 0) is 16.1 Å². The van der Waals surface area contributed by atoms with Crippen LogP contribution in [0.3, 0.4) is 0 Å². The Kier molecular flexibility index (Phi) is 7.14. The van der Waals surface area contributed by atoms with Crippen molar-refractivity contribution in [2.75, 3.05) is 24.5 Å². The SMILES string of the molecule is CCCCCn1c(N2CCC(C(=O)N3CCCC3=O)CC2)cc(=O)n2cc(-c3ccc(Cl)cc3)nc12. The minimum atomic E-state index is -0.143. The molecular weight excluding hydrogens is 478 g/mol. The fourth-order valence-corrected chi connectivity index (χ4v) is 5.42. The van der Waals surface area contributed by atoms with Gasteiger partial charge in [-0.15, -0.1) is 0 Å². The van der Waals surface area contributed by atoms with E-state index in [0.29, 0.717) is 49.7 Å². The zero-order valence-corrected chi connectivity index (χ0v) is 21.4. The van der Waals surface area contributed by atoms with Crippen LogP contribution in [0.2, 0.25) is 5.02 Å². The molecule has 0 N–H and O–H groups in total. The Morgan fingerprint density at radius 1 is 1.08 bits per heavy atom. The zero-order chi connectivity index (χ0) is 25.2. The van der Waals surface area contributed by atoms with Gasteiger partial charge in [0.25, 0.3) is 5.56 Å². The lowest BCUT2D eigenvalue weighted by atomic mass is 9.95. The van der Waals surface area contributed by atoms with Crippen LogP contribution < -0.4 is 10.5 Å². The van der Waals surface area contributed by atoms with Crippen molar-refractivity contribution in [1.29, 1.82) is 0 Å². The van der Waals surface area contributed by atoms with Crippen molar-refractivity contribution in [2.45, 2.75) is 58.4 Å². The summed E-state index contributed by atoms with van der Waals surface area (Å²) in [6.45, 7) is 4.79. The highest BCUT2D eigenvalue weighted by atomic mass is 35.5. The quantitative estimate of drug-likeness (QED) is 0.349. The number of carbonyl (C=O) groups excluding carboxylic acids is 2. The first-order valence-corrected chi connectivity index (χ1v) is 13.3. The molecule has 2 aliphatic rings. The van der Waals surface area contributed by atoms with Gasteiger partial charge in [-0.05, 0) is 37.8 Å². The summed E-state index contributed by atoms with van der Waals surface area (Å²) in [5, 5.41) is 0.653. The minimum Gasteiger partial charge on any atom is -0.358 e. The van der Waals surface area contributed by atoms with Gasteiger partial charge in [-0.2, -0.15) is 0 Å². The molecule has 0 spiro atoms. The van der Waals surface area contributed by atoms with Gasteiger partial charge in [-0.3, -0.25) is 28.3 Å². The molecule has 4 heterocycles. The van der Waals surface area contributed by atoms with E-state index in [0.717, 1.165) is 49.3 Å². The van der Waals surface area contributed by atoms with Gasteiger partial charge in [0.15, 0.2) is 0 Å². The summed E-state index contributed by atoms with van der Waals surface area (Å²) in [6, 6.07) is 9.15. The maximum atomic E-state index is 13.2. The first-order chi connectivity index (χ1) is 17.5. The molecule has 0 radical (unpaired) electrons. The molecule has 2 fully saturated rings. The van der Waals surface area contributed by atoms with E-state index in [1.807, 2.05) is 24.3 Å². The maximum Gasteiger partial charge on any atom is 0.261 e. The van der Waals surface area contributed by atoms with E-state index in [2.05, 4.69) is 16.4 Å². The van der Waals surface area contributed by atoms with Crippen molar-refractivity contribution in [3.8, 4) is 11.3 Å². The highest BCUT2D eigenvalue weighted by molar-refractivity contribution is 6.30. The van der Waals surface area contributed by atoms with E-state index in [4.69, 9.17) is 16.6 Å². The number of imide groups is 1. The largest absolute Gasteiger partial charge is 0.358 e. The summed E-state index contributed by atoms with van der Waals surface area (Å²) in [4.78, 5) is 46.6. The van der Waals surface area contributed by atoms with Crippen LogP contribution >= 0.6 is 11.6 Å². The third-order valence-corrected chi connectivity index (χ3v) is 7.58. The number of aromatic nitrogens is 3. The summed E-state index contributed by atoms with van der Waals surface area (Å²) in [5.41, 5.74) is 1.50. The van der Waals surface area contributed by atoms with Gasteiger partial charge < -0.3 is 4.90 Å². The predicted octanol–water partition coefficient (Wildman–Crippen LogP) is 4.37. The zero-order valence-electron chi connectivity index (χ0n) is 20.7. The van der Waals surface area contributed by atoms with Crippen molar-refractivity contribution in [2.24, 2.45) is 5.92 Å². The highest BCUT2D eigenvalue weighted by Crippen LogP contribution is 2.28. The van der Waals surface area contributed by atoms with E-state index >= 15 is 0 Å². The number of nitrogens with zero attached hydrogens (tertiary/aromatic N) is 5. The summed E-state index contributed by atoms with van der Waals surface area (Å²) < 4.78 is 3.76. The molecule has 2 amide bonds. The van der Waals surface area contributed by atoms with Crippen molar-refractivity contribution >= 4 is 35.0 Å². The lowest BCUT2D eigenvalue weighted by molar-refractivity contribution is -0.145. The van der Waals surface area contributed by atoms with Gasteiger partial charge in [0, 0.05) is 61.4 Å². The smallest absolute Gasteiger partial charge is 0.261 e. The van der Waals surface area contributed by atoms with E-state index in [1.54, 1.807) is 16.7 Å². The van der Waals surface area contributed by atoms with Crippen molar-refractivity contribution in [3.63, 3.8) is 0 Å². The summed E-state index contributed by atoms with van der Waals surface area (Å²) in [5.74, 6) is 1.25. The second kappa shape index (κ2) is 10.5. The molecule has 0 atom stereocenters. The number of anilines is 1. The average Bonchev–Trinajstić information content (AvgIpc) is 3.53. The van der Waals surface area contributed by atoms with Crippen molar-refractivity contribution in [1.82, 2.24) is 18.9 Å². The lowest BCUT2D eigenvalue weighted by Crippen LogP contribution is -2.44. The second-order valence-electron chi connectivity index (χ2n) is 9.75. The monoisotopic (exact) mass is 509 g/mol. The minimum absolute atomic E-state index is 0.0335. The topological polar surface area (TPSA) is 79.9 Å². The number of piperidine rings is 1. The fraction of sp³-hybridized carbons (Fsp3) is 0.481. The predicted molar refractivity (Wildman–Crippen MR) is 140 cm³/mol. The number of carbonyl (C=O) groups is 2.